The van der Waals surface area contributed by atoms with Gasteiger partial charge in [-0.2, -0.15) is 4.31 Å². The second kappa shape index (κ2) is 9.67. The Kier molecular flexibility index (Phi) is 7.49. The minimum Gasteiger partial charge on any atom is -0.302 e. The zero-order valence-corrected chi connectivity index (χ0v) is 18.0. The van der Waals surface area contributed by atoms with Crippen molar-refractivity contribution in [3.8, 4) is 0 Å². The molecule has 9 heteroatoms. The van der Waals surface area contributed by atoms with Crippen LogP contribution in [0.3, 0.4) is 0 Å². The van der Waals surface area contributed by atoms with Crippen LogP contribution >= 0.6 is 0 Å². The Balaban J connectivity index is 1.59. The van der Waals surface area contributed by atoms with Crippen molar-refractivity contribution in [3.63, 3.8) is 0 Å². The molecule has 1 N–H and O–H groups in total. The lowest BCUT2D eigenvalue weighted by molar-refractivity contribution is 0.290. The van der Waals surface area contributed by atoms with Crippen molar-refractivity contribution in [2.24, 2.45) is 0 Å². The topological polar surface area (TPSA) is 86.8 Å². The maximum Gasteiger partial charge on any atom is 0.243 e. The minimum absolute atomic E-state index is 0.0981. The van der Waals surface area contributed by atoms with Gasteiger partial charge in [0.2, 0.25) is 20.0 Å². The molecule has 3 rings (SSSR count). The highest BCUT2D eigenvalue weighted by Crippen LogP contribution is 2.22. The second-order valence-electron chi connectivity index (χ2n) is 7.59. The molecule has 2 aliphatic rings. The lowest BCUT2D eigenvalue weighted by Gasteiger charge is -2.25. The zero-order valence-electron chi connectivity index (χ0n) is 16.3. The van der Waals surface area contributed by atoms with Crippen LogP contribution in [-0.2, 0) is 20.0 Å². The molecule has 158 valence electrons. The fraction of sp³-hybridized carbons (Fsp3) is 0.684. The number of rotatable bonds is 7. The van der Waals surface area contributed by atoms with Crippen LogP contribution in [-0.4, -0.2) is 65.3 Å². The Labute approximate surface area is 169 Å². The van der Waals surface area contributed by atoms with Crippen molar-refractivity contribution in [2.45, 2.75) is 54.7 Å². The summed E-state index contributed by atoms with van der Waals surface area (Å²) in [5.74, 6) is 0. The van der Waals surface area contributed by atoms with Crippen LogP contribution in [0.4, 0.5) is 0 Å². The van der Waals surface area contributed by atoms with Crippen LogP contribution in [0.5, 0.6) is 0 Å². The summed E-state index contributed by atoms with van der Waals surface area (Å²) in [6.45, 7) is 4.15. The first-order valence-corrected chi connectivity index (χ1v) is 13.1. The molecular weight excluding hydrogens is 398 g/mol. The molecule has 0 atom stereocenters. The number of sulfonamides is 2. The molecule has 0 aliphatic carbocycles. The molecule has 7 nitrogen and oxygen atoms in total. The standard InChI is InChI=1S/C19H31N3O4S2/c23-27(24,20-12-17-21-13-4-1-2-5-14-21)18-8-10-19(11-9-18)28(25,26)22-15-6-3-7-16-22/h8-11,20H,1-7,12-17H2. The van der Waals surface area contributed by atoms with E-state index < -0.39 is 20.0 Å². The number of likely N-dealkylation sites (tertiary alicyclic amines) is 1. The molecule has 0 aromatic heterocycles. The Bertz CT molecular complexity index is 824. The lowest BCUT2D eigenvalue weighted by atomic mass is 10.2. The highest BCUT2D eigenvalue weighted by Gasteiger charge is 2.26. The molecule has 0 spiro atoms. The predicted molar refractivity (Wildman–Crippen MR) is 109 cm³/mol. The molecule has 0 unspecified atom stereocenters. The molecule has 1 aromatic carbocycles. The number of piperidine rings is 1. The van der Waals surface area contributed by atoms with Gasteiger partial charge in [-0.05, 0) is 63.0 Å². The molecule has 2 aliphatic heterocycles. The second-order valence-corrected chi connectivity index (χ2v) is 11.3. The molecule has 0 bridgehead atoms. The summed E-state index contributed by atoms with van der Waals surface area (Å²) in [4.78, 5) is 2.54. The predicted octanol–water partition coefficient (Wildman–Crippen LogP) is 2.02. The van der Waals surface area contributed by atoms with E-state index in [1.165, 1.54) is 54.3 Å². The van der Waals surface area contributed by atoms with Gasteiger partial charge in [-0.15, -0.1) is 0 Å². The first-order chi connectivity index (χ1) is 13.4. The number of nitrogens with zero attached hydrogens (tertiary/aromatic N) is 2. The summed E-state index contributed by atoms with van der Waals surface area (Å²) in [5.41, 5.74) is 0. The monoisotopic (exact) mass is 429 g/mol. The average molecular weight is 430 g/mol. The molecule has 0 amide bonds. The normalized spacial score (nSPS) is 20.7. The molecule has 1 aromatic rings. The summed E-state index contributed by atoms with van der Waals surface area (Å²) in [6.07, 6.45) is 7.61. The van der Waals surface area contributed by atoms with Crippen LogP contribution in [0, 0.1) is 0 Å². The van der Waals surface area contributed by atoms with E-state index >= 15 is 0 Å². The van der Waals surface area contributed by atoms with Crippen LogP contribution in [0.1, 0.15) is 44.9 Å². The summed E-state index contributed by atoms with van der Waals surface area (Å²) >= 11 is 0. The number of benzene rings is 1. The fourth-order valence-corrected chi connectivity index (χ4v) is 6.36. The van der Waals surface area contributed by atoms with Gasteiger partial charge in [0, 0.05) is 26.2 Å². The van der Waals surface area contributed by atoms with Gasteiger partial charge in [-0.1, -0.05) is 19.3 Å². The van der Waals surface area contributed by atoms with Gasteiger partial charge < -0.3 is 4.90 Å². The number of nitrogens with one attached hydrogen (secondary N) is 1. The van der Waals surface area contributed by atoms with E-state index in [2.05, 4.69) is 9.62 Å². The lowest BCUT2D eigenvalue weighted by Crippen LogP contribution is -2.36. The third kappa shape index (κ3) is 5.54. The summed E-state index contributed by atoms with van der Waals surface area (Å²) in [7, 11) is -7.19. The number of hydrogen-bond acceptors (Lipinski definition) is 5. The Morgan fingerprint density at radius 2 is 1.21 bits per heavy atom. The largest absolute Gasteiger partial charge is 0.302 e. The van der Waals surface area contributed by atoms with E-state index in [1.54, 1.807) is 0 Å². The van der Waals surface area contributed by atoms with E-state index in [0.29, 0.717) is 26.2 Å². The first kappa shape index (κ1) is 21.7. The minimum atomic E-state index is -3.64. The van der Waals surface area contributed by atoms with Gasteiger partial charge in [-0.3, -0.25) is 0 Å². The fourth-order valence-electron chi connectivity index (χ4n) is 3.83. The first-order valence-electron chi connectivity index (χ1n) is 10.2. The Hall–Kier alpha value is -1.00. The van der Waals surface area contributed by atoms with Crippen LogP contribution in [0.25, 0.3) is 0 Å². The summed E-state index contributed by atoms with van der Waals surface area (Å²) in [5, 5.41) is 0. The Morgan fingerprint density at radius 1 is 0.714 bits per heavy atom. The van der Waals surface area contributed by atoms with Crippen molar-refractivity contribution in [1.29, 1.82) is 0 Å². The highest BCUT2D eigenvalue weighted by atomic mass is 32.2. The molecule has 2 fully saturated rings. The Morgan fingerprint density at radius 3 is 1.82 bits per heavy atom. The maximum absolute atomic E-state index is 12.7. The molecule has 0 saturated carbocycles. The van der Waals surface area contributed by atoms with Crippen molar-refractivity contribution in [1.82, 2.24) is 13.9 Å². The van der Waals surface area contributed by atoms with Crippen LogP contribution in [0.15, 0.2) is 34.1 Å². The van der Waals surface area contributed by atoms with Gasteiger partial charge in [0.1, 0.15) is 0 Å². The van der Waals surface area contributed by atoms with Gasteiger partial charge in [-0.25, -0.2) is 21.6 Å². The summed E-state index contributed by atoms with van der Waals surface area (Å²) in [6, 6.07) is 5.55. The van der Waals surface area contributed by atoms with Crippen molar-refractivity contribution in [2.75, 3.05) is 39.3 Å². The van der Waals surface area contributed by atoms with E-state index in [-0.39, 0.29) is 9.79 Å². The summed E-state index contributed by atoms with van der Waals surface area (Å²) < 4.78 is 54.5. The third-order valence-electron chi connectivity index (χ3n) is 5.51. The third-order valence-corrected chi connectivity index (χ3v) is 8.90. The van der Waals surface area contributed by atoms with E-state index in [0.717, 1.165) is 32.4 Å². The van der Waals surface area contributed by atoms with Crippen molar-refractivity contribution in [3.05, 3.63) is 24.3 Å². The van der Waals surface area contributed by atoms with E-state index in [1.807, 2.05) is 0 Å². The quantitative estimate of drug-likeness (QED) is 0.717. The van der Waals surface area contributed by atoms with Crippen LogP contribution < -0.4 is 4.72 Å². The van der Waals surface area contributed by atoms with Gasteiger partial charge in [0.05, 0.1) is 9.79 Å². The van der Waals surface area contributed by atoms with E-state index in [9.17, 15) is 16.8 Å². The zero-order chi connectivity index (χ0) is 20.0. The average Bonchev–Trinajstić information content (AvgIpc) is 2.97. The smallest absolute Gasteiger partial charge is 0.243 e. The molecule has 2 heterocycles. The molecule has 2 saturated heterocycles. The number of hydrogen-bond donors (Lipinski definition) is 1. The van der Waals surface area contributed by atoms with E-state index in [4.69, 9.17) is 0 Å². The van der Waals surface area contributed by atoms with Crippen molar-refractivity contribution < 1.29 is 16.8 Å². The SMILES string of the molecule is O=S(=O)(NCCN1CCCCCC1)c1ccc(S(=O)(=O)N2CCCCC2)cc1. The van der Waals surface area contributed by atoms with Gasteiger partial charge in [0.15, 0.2) is 0 Å². The molecule has 0 radical (unpaired) electrons. The van der Waals surface area contributed by atoms with Gasteiger partial charge in [0.25, 0.3) is 0 Å². The van der Waals surface area contributed by atoms with Crippen LogP contribution in [0.2, 0.25) is 0 Å². The maximum atomic E-state index is 12.7. The van der Waals surface area contributed by atoms with Crippen molar-refractivity contribution >= 4 is 20.0 Å². The molecule has 28 heavy (non-hydrogen) atoms. The highest BCUT2D eigenvalue weighted by molar-refractivity contribution is 7.89. The molecular formula is C19H31N3O4S2. The van der Waals surface area contributed by atoms with Gasteiger partial charge >= 0.3 is 0 Å².